The van der Waals surface area contributed by atoms with E-state index in [9.17, 15) is 4.79 Å². The Kier molecular flexibility index (Phi) is 5.05. The maximum atomic E-state index is 12.6. The van der Waals surface area contributed by atoms with Crippen molar-refractivity contribution in [1.29, 1.82) is 0 Å². The molecule has 0 amide bonds. The number of hydrogen-bond acceptors (Lipinski definition) is 5. The molecule has 0 bridgehead atoms. The van der Waals surface area contributed by atoms with Crippen LogP contribution in [0.25, 0.3) is 5.69 Å². The van der Waals surface area contributed by atoms with Crippen molar-refractivity contribution >= 4 is 17.5 Å². The topological polar surface area (TPSA) is 60.7 Å². The van der Waals surface area contributed by atoms with Gasteiger partial charge in [0.1, 0.15) is 0 Å². The van der Waals surface area contributed by atoms with E-state index in [-0.39, 0.29) is 11.0 Å². The molecule has 24 heavy (non-hydrogen) atoms. The molecule has 0 unspecified atom stereocenters. The summed E-state index contributed by atoms with van der Waals surface area (Å²) in [5.74, 6) is 0.0743. The van der Waals surface area contributed by atoms with Crippen LogP contribution in [-0.2, 0) is 6.42 Å². The van der Waals surface area contributed by atoms with Gasteiger partial charge in [-0.3, -0.25) is 4.79 Å². The van der Waals surface area contributed by atoms with Gasteiger partial charge in [0.2, 0.25) is 5.16 Å². The predicted molar refractivity (Wildman–Crippen MR) is 94.6 cm³/mol. The second kappa shape index (κ2) is 7.40. The summed E-state index contributed by atoms with van der Waals surface area (Å²) in [6.45, 7) is 3.98. The lowest BCUT2D eigenvalue weighted by Gasteiger charge is -2.10. The van der Waals surface area contributed by atoms with Crippen LogP contribution in [0.5, 0.6) is 0 Å². The van der Waals surface area contributed by atoms with Gasteiger partial charge >= 0.3 is 0 Å². The van der Waals surface area contributed by atoms with Gasteiger partial charge in [-0.1, -0.05) is 61.2 Å². The summed E-state index contributed by atoms with van der Waals surface area (Å²) in [5.41, 5.74) is 2.81. The molecule has 0 aliphatic carbocycles. The highest BCUT2D eigenvalue weighted by molar-refractivity contribution is 8.00. The Morgan fingerprint density at radius 3 is 2.50 bits per heavy atom. The number of nitrogens with zero attached hydrogens (tertiary/aromatic N) is 4. The highest BCUT2D eigenvalue weighted by Crippen LogP contribution is 2.25. The molecule has 1 heterocycles. The Labute approximate surface area is 145 Å². The van der Waals surface area contributed by atoms with E-state index >= 15 is 0 Å². The number of carbonyl (C=O) groups excluding carboxylic acids is 1. The normalized spacial score (nSPS) is 12.1. The van der Waals surface area contributed by atoms with Gasteiger partial charge in [0.05, 0.1) is 10.9 Å². The lowest BCUT2D eigenvalue weighted by molar-refractivity contribution is 0.0994. The fourth-order valence-corrected chi connectivity index (χ4v) is 3.22. The Bertz CT molecular complexity index is 815. The van der Waals surface area contributed by atoms with Gasteiger partial charge in [0, 0.05) is 5.56 Å². The number of rotatable bonds is 6. The summed E-state index contributed by atoms with van der Waals surface area (Å²) >= 11 is 1.36. The van der Waals surface area contributed by atoms with Crippen molar-refractivity contribution in [1.82, 2.24) is 20.2 Å². The molecule has 5 nitrogen and oxygen atoms in total. The average molecular weight is 338 g/mol. The highest BCUT2D eigenvalue weighted by atomic mass is 32.2. The number of tetrazole rings is 1. The molecule has 1 aromatic heterocycles. The number of hydrogen-bond donors (Lipinski definition) is 0. The molecule has 3 rings (SSSR count). The minimum absolute atomic E-state index is 0.0743. The van der Waals surface area contributed by atoms with Crippen LogP contribution in [0, 0.1) is 0 Å². The van der Waals surface area contributed by atoms with Crippen molar-refractivity contribution in [2.75, 3.05) is 0 Å². The van der Waals surface area contributed by atoms with E-state index in [1.54, 1.807) is 4.68 Å². The molecule has 0 saturated heterocycles. The monoisotopic (exact) mass is 338 g/mol. The molecule has 0 spiro atoms. The third-order valence-electron chi connectivity index (χ3n) is 3.74. The molecule has 0 N–H and O–H groups in total. The fraction of sp³-hybridized carbons (Fsp3) is 0.222. The van der Waals surface area contributed by atoms with Gasteiger partial charge in [0.25, 0.3) is 0 Å². The number of aromatic nitrogens is 4. The second-order valence-electron chi connectivity index (χ2n) is 5.38. The van der Waals surface area contributed by atoms with Gasteiger partial charge in [-0.25, -0.2) is 0 Å². The highest BCUT2D eigenvalue weighted by Gasteiger charge is 2.20. The summed E-state index contributed by atoms with van der Waals surface area (Å²) in [4.78, 5) is 12.6. The quantitative estimate of drug-likeness (QED) is 0.508. The predicted octanol–water partition coefficient (Wildman–Crippen LogP) is 3.59. The van der Waals surface area contributed by atoms with Crippen LogP contribution >= 0.6 is 11.8 Å². The van der Waals surface area contributed by atoms with Crippen molar-refractivity contribution in [2.24, 2.45) is 0 Å². The lowest BCUT2D eigenvalue weighted by atomic mass is 10.1. The summed E-state index contributed by atoms with van der Waals surface area (Å²) in [7, 11) is 0. The minimum Gasteiger partial charge on any atom is -0.293 e. The van der Waals surface area contributed by atoms with Crippen LogP contribution in [0.4, 0.5) is 0 Å². The Hall–Kier alpha value is -2.47. The van der Waals surface area contributed by atoms with Crippen molar-refractivity contribution in [3.63, 3.8) is 0 Å². The summed E-state index contributed by atoms with van der Waals surface area (Å²) in [6, 6.07) is 17.4. The van der Waals surface area contributed by atoms with Crippen LogP contribution in [0.15, 0.2) is 59.8 Å². The van der Waals surface area contributed by atoms with Gasteiger partial charge in [-0.05, 0) is 41.5 Å². The zero-order chi connectivity index (χ0) is 16.9. The number of benzene rings is 2. The Balaban J connectivity index is 1.76. The van der Waals surface area contributed by atoms with Crippen molar-refractivity contribution < 1.29 is 4.79 Å². The first-order chi connectivity index (χ1) is 11.7. The number of para-hydroxylation sites is 1. The van der Waals surface area contributed by atoms with Crippen LogP contribution in [0.3, 0.4) is 0 Å². The first kappa shape index (κ1) is 16.4. The van der Waals surface area contributed by atoms with E-state index in [0.29, 0.717) is 10.7 Å². The van der Waals surface area contributed by atoms with Gasteiger partial charge < -0.3 is 0 Å². The second-order valence-corrected chi connectivity index (χ2v) is 6.69. The smallest absolute Gasteiger partial charge is 0.214 e. The molecule has 6 heteroatoms. The van der Waals surface area contributed by atoms with Gasteiger partial charge in [0.15, 0.2) is 5.78 Å². The Morgan fingerprint density at radius 1 is 1.12 bits per heavy atom. The summed E-state index contributed by atoms with van der Waals surface area (Å²) < 4.78 is 1.65. The minimum atomic E-state index is -0.272. The van der Waals surface area contributed by atoms with E-state index in [2.05, 4.69) is 22.4 Å². The number of Topliss-reactive ketones (excluding diaryl/α,β-unsaturated/α-hetero) is 1. The molecule has 0 radical (unpaired) electrons. The van der Waals surface area contributed by atoms with E-state index < -0.39 is 0 Å². The molecule has 0 fully saturated rings. The third-order valence-corrected chi connectivity index (χ3v) is 4.77. The maximum Gasteiger partial charge on any atom is 0.214 e. The molecule has 3 aromatic rings. The third kappa shape index (κ3) is 3.54. The molecule has 0 aliphatic heterocycles. The van der Waals surface area contributed by atoms with Gasteiger partial charge in [-0.15, -0.1) is 5.10 Å². The van der Waals surface area contributed by atoms with E-state index in [0.717, 1.165) is 12.1 Å². The van der Waals surface area contributed by atoms with Crippen LogP contribution in [0.1, 0.15) is 29.8 Å². The largest absolute Gasteiger partial charge is 0.293 e. The van der Waals surface area contributed by atoms with Crippen molar-refractivity contribution in [3.8, 4) is 5.69 Å². The molecule has 1 atom stereocenters. The van der Waals surface area contributed by atoms with E-state index in [1.807, 2.05) is 61.5 Å². The van der Waals surface area contributed by atoms with E-state index in [4.69, 9.17) is 0 Å². The van der Waals surface area contributed by atoms with Crippen LogP contribution < -0.4 is 0 Å². The van der Waals surface area contributed by atoms with Gasteiger partial charge in [-0.2, -0.15) is 4.68 Å². The number of carbonyl (C=O) groups is 1. The van der Waals surface area contributed by atoms with Crippen molar-refractivity contribution in [2.45, 2.75) is 30.7 Å². The SMILES string of the molecule is CCc1ccc(C(=O)[C@@H](C)Sc2nnnn2-c2ccccc2)cc1. The zero-order valence-electron chi connectivity index (χ0n) is 13.6. The summed E-state index contributed by atoms with van der Waals surface area (Å²) in [6.07, 6.45) is 0.963. The lowest BCUT2D eigenvalue weighted by Crippen LogP contribution is -2.14. The average Bonchev–Trinajstić information content (AvgIpc) is 3.10. The maximum absolute atomic E-state index is 12.6. The molecular weight excluding hydrogens is 320 g/mol. The molecule has 122 valence electrons. The van der Waals surface area contributed by atoms with Crippen molar-refractivity contribution in [3.05, 3.63) is 65.7 Å². The van der Waals surface area contributed by atoms with E-state index in [1.165, 1.54) is 17.3 Å². The first-order valence-electron chi connectivity index (χ1n) is 7.82. The summed E-state index contributed by atoms with van der Waals surface area (Å²) in [5, 5.41) is 12.1. The first-order valence-corrected chi connectivity index (χ1v) is 8.70. The number of ketones is 1. The zero-order valence-corrected chi connectivity index (χ0v) is 14.4. The van der Waals surface area contributed by atoms with Crippen LogP contribution in [-0.4, -0.2) is 31.2 Å². The molecular formula is C18H18N4OS. The fourth-order valence-electron chi connectivity index (χ4n) is 2.33. The number of aryl methyl sites for hydroxylation is 1. The molecule has 2 aromatic carbocycles. The standard InChI is InChI=1S/C18H18N4OS/c1-3-14-9-11-15(12-10-14)17(23)13(2)24-18-19-20-21-22(18)16-7-5-4-6-8-16/h4-13H,3H2,1-2H3/t13-/m1/s1. The number of thioether (sulfide) groups is 1. The molecule has 0 aliphatic rings. The van der Waals surface area contributed by atoms with Crippen LogP contribution in [0.2, 0.25) is 0 Å². The molecule has 0 saturated carbocycles. The Morgan fingerprint density at radius 2 is 1.83 bits per heavy atom.